The number of aromatic hydroxyl groups is 1. The van der Waals surface area contributed by atoms with Crippen LogP contribution in [0.4, 0.5) is 0 Å². The smallest absolute Gasteiger partial charge is 0.230 e. The summed E-state index contributed by atoms with van der Waals surface area (Å²) in [5.41, 5.74) is 2.76. The van der Waals surface area contributed by atoms with Crippen LogP contribution in [-0.2, 0) is 13.0 Å². The summed E-state index contributed by atoms with van der Waals surface area (Å²) in [5, 5.41) is 17.7. The molecule has 5 heterocycles. The first-order valence-corrected chi connectivity index (χ1v) is 11.4. The van der Waals surface area contributed by atoms with E-state index >= 15 is 0 Å². The Balaban J connectivity index is 1.43. The standard InChI is InChI=1S/C22H18N4O2S2/c27-21-19(30-22-23-20(24-26(21)22)16-7-3-11-28-16)18(17-8-4-12-29-17)25-10-9-14-5-1-2-6-15(14)13-25/h1-8,11-12,18,27H,9-10,13H2. The molecule has 0 spiro atoms. The van der Waals surface area contributed by atoms with Crippen molar-refractivity contribution in [3.05, 3.63) is 81.1 Å². The second-order valence-corrected chi connectivity index (χ2v) is 9.29. The molecule has 30 heavy (non-hydrogen) atoms. The maximum atomic E-state index is 11.1. The van der Waals surface area contributed by atoms with Crippen LogP contribution in [0.3, 0.4) is 0 Å². The van der Waals surface area contributed by atoms with Crippen molar-refractivity contribution in [3.8, 4) is 17.5 Å². The third kappa shape index (κ3) is 2.87. The van der Waals surface area contributed by atoms with Gasteiger partial charge >= 0.3 is 0 Å². The van der Waals surface area contributed by atoms with Gasteiger partial charge in [-0.25, -0.2) is 0 Å². The molecule has 4 aromatic heterocycles. The molecule has 0 radical (unpaired) electrons. The molecule has 5 aromatic rings. The molecule has 1 aromatic carbocycles. The number of hydrogen-bond donors (Lipinski definition) is 1. The predicted octanol–water partition coefficient (Wildman–Crippen LogP) is 4.97. The van der Waals surface area contributed by atoms with E-state index in [1.807, 2.05) is 6.07 Å². The first kappa shape index (κ1) is 17.9. The fourth-order valence-electron chi connectivity index (χ4n) is 4.10. The lowest BCUT2D eigenvalue weighted by atomic mass is 9.98. The number of thiophene rings is 1. The molecule has 0 saturated heterocycles. The third-order valence-corrected chi connectivity index (χ3v) is 7.52. The number of rotatable bonds is 4. The second kappa shape index (κ2) is 7.09. The zero-order valence-electron chi connectivity index (χ0n) is 15.9. The molecule has 0 fully saturated rings. The van der Waals surface area contributed by atoms with Crippen molar-refractivity contribution < 1.29 is 9.52 Å². The van der Waals surface area contributed by atoms with Gasteiger partial charge in [-0.1, -0.05) is 41.7 Å². The molecule has 1 atom stereocenters. The molecular weight excluding hydrogens is 416 g/mol. The minimum atomic E-state index is -0.0288. The Bertz CT molecular complexity index is 1300. The molecule has 0 saturated carbocycles. The summed E-state index contributed by atoms with van der Waals surface area (Å²) in [4.78, 5) is 9.76. The monoisotopic (exact) mass is 434 g/mol. The van der Waals surface area contributed by atoms with E-state index in [4.69, 9.17) is 4.42 Å². The van der Waals surface area contributed by atoms with Gasteiger partial charge in [0.25, 0.3) is 0 Å². The summed E-state index contributed by atoms with van der Waals surface area (Å²) in [5.74, 6) is 1.22. The maximum absolute atomic E-state index is 11.1. The van der Waals surface area contributed by atoms with Crippen LogP contribution in [-0.4, -0.2) is 31.1 Å². The quantitative estimate of drug-likeness (QED) is 0.433. The Morgan fingerprint density at radius 2 is 1.97 bits per heavy atom. The van der Waals surface area contributed by atoms with E-state index in [1.54, 1.807) is 23.7 Å². The summed E-state index contributed by atoms with van der Waals surface area (Å²) >= 11 is 3.20. The third-order valence-electron chi connectivity index (χ3n) is 5.53. The minimum absolute atomic E-state index is 0.0288. The van der Waals surface area contributed by atoms with Gasteiger partial charge in [0, 0.05) is 18.0 Å². The van der Waals surface area contributed by atoms with Crippen molar-refractivity contribution in [1.82, 2.24) is 19.5 Å². The molecular formula is C22H18N4O2S2. The van der Waals surface area contributed by atoms with Crippen LogP contribution in [0.15, 0.2) is 64.6 Å². The van der Waals surface area contributed by atoms with Gasteiger partial charge in [-0.15, -0.1) is 16.4 Å². The van der Waals surface area contributed by atoms with Crippen molar-refractivity contribution in [2.24, 2.45) is 0 Å². The lowest BCUT2D eigenvalue weighted by Crippen LogP contribution is -2.34. The molecule has 150 valence electrons. The van der Waals surface area contributed by atoms with Gasteiger partial charge in [0.05, 0.1) is 17.2 Å². The van der Waals surface area contributed by atoms with E-state index in [0.717, 1.165) is 24.4 Å². The number of aromatic nitrogens is 3. The lowest BCUT2D eigenvalue weighted by Gasteiger charge is -2.34. The Morgan fingerprint density at radius 3 is 2.73 bits per heavy atom. The molecule has 0 bridgehead atoms. The van der Waals surface area contributed by atoms with Crippen LogP contribution in [0.2, 0.25) is 0 Å². The fourth-order valence-corrected chi connectivity index (χ4v) is 6.15. The number of hydrogen-bond acceptors (Lipinski definition) is 7. The van der Waals surface area contributed by atoms with E-state index in [0.29, 0.717) is 16.5 Å². The average Bonchev–Trinajstić information content (AvgIpc) is 3.56. The molecule has 1 N–H and O–H groups in total. The van der Waals surface area contributed by atoms with Gasteiger partial charge in [0.2, 0.25) is 16.7 Å². The second-order valence-electron chi connectivity index (χ2n) is 7.30. The van der Waals surface area contributed by atoms with Crippen molar-refractivity contribution in [2.75, 3.05) is 6.54 Å². The predicted molar refractivity (Wildman–Crippen MR) is 117 cm³/mol. The summed E-state index contributed by atoms with van der Waals surface area (Å²) in [6.07, 6.45) is 2.60. The first-order valence-electron chi connectivity index (χ1n) is 9.74. The number of nitrogens with zero attached hydrogens (tertiary/aromatic N) is 4. The van der Waals surface area contributed by atoms with Crippen molar-refractivity contribution in [3.63, 3.8) is 0 Å². The van der Waals surface area contributed by atoms with Crippen LogP contribution in [0.1, 0.15) is 26.9 Å². The Morgan fingerprint density at radius 1 is 1.07 bits per heavy atom. The average molecular weight is 435 g/mol. The zero-order valence-corrected chi connectivity index (χ0v) is 17.6. The zero-order chi connectivity index (χ0) is 20.1. The van der Waals surface area contributed by atoms with Crippen molar-refractivity contribution >= 4 is 27.6 Å². The molecule has 1 aliphatic heterocycles. The SMILES string of the molecule is Oc1c(C(c2cccs2)N2CCc3ccccc3C2)sc2nc(-c3ccco3)nn12. The van der Waals surface area contributed by atoms with Gasteiger partial charge in [-0.05, 0) is 41.1 Å². The highest BCUT2D eigenvalue weighted by Gasteiger charge is 2.32. The molecule has 1 aliphatic rings. The van der Waals surface area contributed by atoms with E-state index in [2.05, 4.69) is 56.8 Å². The first-order chi connectivity index (χ1) is 14.8. The summed E-state index contributed by atoms with van der Waals surface area (Å²) in [6.45, 7) is 1.79. The van der Waals surface area contributed by atoms with Gasteiger partial charge in [0.1, 0.15) is 0 Å². The van der Waals surface area contributed by atoms with Crippen LogP contribution in [0.5, 0.6) is 5.88 Å². The Labute approximate surface area is 180 Å². The largest absolute Gasteiger partial charge is 0.492 e. The molecule has 1 unspecified atom stereocenters. The normalized spacial score (nSPS) is 15.5. The number of benzene rings is 1. The maximum Gasteiger partial charge on any atom is 0.230 e. The van der Waals surface area contributed by atoms with Crippen molar-refractivity contribution in [2.45, 2.75) is 19.0 Å². The van der Waals surface area contributed by atoms with Crippen LogP contribution < -0.4 is 0 Å². The van der Waals surface area contributed by atoms with E-state index in [9.17, 15) is 5.11 Å². The topological polar surface area (TPSA) is 66.8 Å². The number of fused-ring (bicyclic) bond motifs is 2. The van der Waals surface area contributed by atoms with Crippen LogP contribution >= 0.6 is 22.7 Å². The summed E-state index contributed by atoms with van der Waals surface area (Å²) < 4.78 is 6.93. The number of thiazole rings is 1. The van der Waals surface area contributed by atoms with Crippen molar-refractivity contribution in [1.29, 1.82) is 0 Å². The van der Waals surface area contributed by atoms with E-state index in [1.165, 1.54) is 31.9 Å². The Hall–Kier alpha value is -2.94. The molecule has 0 aliphatic carbocycles. The Kier molecular flexibility index (Phi) is 4.22. The van der Waals surface area contributed by atoms with Gasteiger partial charge in [-0.2, -0.15) is 9.50 Å². The van der Waals surface area contributed by atoms with Crippen LogP contribution in [0.25, 0.3) is 16.5 Å². The highest BCUT2D eigenvalue weighted by molar-refractivity contribution is 7.17. The van der Waals surface area contributed by atoms with Gasteiger partial charge in [0.15, 0.2) is 5.76 Å². The van der Waals surface area contributed by atoms with E-state index in [-0.39, 0.29) is 11.9 Å². The molecule has 0 amide bonds. The summed E-state index contributed by atoms with van der Waals surface area (Å²) in [7, 11) is 0. The fraction of sp³-hybridized carbons (Fsp3) is 0.182. The lowest BCUT2D eigenvalue weighted by molar-refractivity contribution is 0.208. The van der Waals surface area contributed by atoms with Gasteiger partial charge < -0.3 is 9.52 Å². The highest BCUT2D eigenvalue weighted by atomic mass is 32.1. The summed E-state index contributed by atoms with van der Waals surface area (Å²) in [6, 6.07) is 16.4. The van der Waals surface area contributed by atoms with Crippen LogP contribution in [0, 0.1) is 0 Å². The minimum Gasteiger partial charge on any atom is -0.492 e. The van der Waals surface area contributed by atoms with Gasteiger partial charge in [-0.3, -0.25) is 4.90 Å². The number of furan rings is 1. The van der Waals surface area contributed by atoms with E-state index < -0.39 is 0 Å². The molecule has 6 rings (SSSR count). The molecule has 6 nitrogen and oxygen atoms in total. The highest BCUT2D eigenvalue weighted by Crippen LogP contribution is 2.43. The molecule has 8 heteroatoms.